The van der Waals surface area contributed by atoms with Crippen LogP contribution in [-0.2, 0) is 14.3 Å². The van der Waals surface area contributed by atoms with Gasteiger partial charge in [-0.25, -0.2) is 4.79 Å². The summed E-state index contributed by atoms with van der Waals surface area (Å²) >= 11 is 0. The molecule has 4 heteroatoms. The maximum Gasteiger partial charge on any atom is 0.333 e. The zero-order valence-electron chi connectivity index (χ0n) is 9.01. The third-order valence-corrected chi connectivity index (χ3v) is 2.86. The number of methoxy groups -OCH3 is 2. The van der Waals surface area contributed by atoms with Crippen molar-refractivity contribution in [1.82, 2.24) is 0 Å². The maximum atomic E-state index is 10.9. The largest absolute Gasteiger partial charge is 0.501 e. The van der Waals surface area contributed by atoms with Crippen molar-refractivity contribution in [2.24, 2.45) is 0 Å². The van der Waals surface area contributed by atoms with E-state index in [1.165, 1.54) is 13.2 Å². The average Bonchev–Trinajstić information content (AvgIpc) is 2.00. The topological polar surface area (TPSA) is 35.5 Å². The van der Waals surface area contributed by atoms with Crippen LogP contribution in [0.4, 0.5) is 0 Å². The van der Waals surface area contributed by atoms with Crippen LogP contribution in [0.15, 0.2) is 11.8 Å². The number of hydrogen-bond acceptors (Lipinski definition) is 3. The Morgan fingerprint density at radius 2 is 1.77 bits per heavy atom. The molecule has 0 bridgehead atoms. The van der Waals surface area contributed by atoms with Crippen molar-refractivity contribution in [2.75, 3.05) is 14.2 Å². The normalized spacial score (nSPS) is 12.5. The fourth-order valence-corrected chi connectivity index (χ4v) is 2.19. The Labute approximate surface area is 80.7 Å². The van der Waals surface area contributed by atoms with Gasteiger partial charge in [0.15, 0.2) is 0 Å². The summed E-state index contributed by atoms with van der Waals surface area (Å²) < 4.78 is 9.61. The second-order valence-electron chi connectivity index (χ2n) is 4.08. The summed E-state index contributed by atoms with van der Waals surface area (Å²) in [5, 5.41) is 0. The predicted octanol–water partition coefficient (Wildman–Crippen LogP) is 2.03. The van der Waals surface area contributed by atoms with Gasteiger partial charge in [-0.05, 0) is 6.04 Å². The molecular weight excluding hydrogens is 184 g/mol. The fraction of sp³-hybridized carbons (Fsp3) is 0.667. The Bertz CT molecular complexity index is 203. The molecule has 0 unspecified atom stereocenters. The lowest BCUT2D eigenvalue weighted by Gasteiger charge is -2.16. The van der Waals surface area contributed by atoms with E-state index in [1.807, 2.05) is 0 Å². The number of allylic oxidation sites excluding steroid dienone is 1. The van der Waals surface area contributed by atoms with E-state index in [-0.39, 0.29) is 5.97 Å². The summed E-state index contributed by atoms with van der Waals surface area (Å²) in [6.07, 6.45) is 1.41. The minimum Gasteiger partial charge on any atom is -0.501 e. The Balaban J connectivity index is 4.34. The smallest absolute Gasteiger partial charge is 0.333 e. The van der Waals surface area contributed by atoms with Crippen LogP contribution in [0.5, 0.6) is 0 Å². The van der Waals surface area contributed by atoms with E-state index in [0.29, 0.717) is 5.76 Å². The molecule has 0 aliphatic rings. The van der Waals surface area contributed by atoms with Crippen molar-refractivity contribution < 1.29 is 14.3 Å². The molecule has 0 heterocycles. The van der Waals surface area contributed by atoms with Gasteiger partial charge in [0, 0.05) is 0 Å². The Morgan fingerprint density at radius 3 is 2.08 bits per heavy atom. The molecule has 13 heavy (non-hydrogen) atoms. The van der Waals surface area contributed by atoms with E-state index in [4.69, 9.17) is 4.74 Å². The summed E-state index contributed by atoms with van der Waals surface area (Å²) in [5.41, 5.74) is 0. The molecular formula is C9H18O3Si. The first-order valence-corrected chi connectivity index (χ1v) is 7.92. The molecule has 0 aromatic carbocycles. The van der Waals surface area contributed by atoms with Gasteiger partial charge in [-0.3, -0.25) is 0 Å². The molecule has 3 nitrogen and oxygen atoms in total. The molecule has 0 aromatic rings. The Hall–Kier alpha value is -0.773. The summed E-state index contributed by atoms with van der Waals surface area (Å²) in [5.74, 6) is 0.362. The lowest BCUT2D eigenvalue weighted by molar-refractivity contribution is -0.135. The molecule has 0 aliphatic heterocycles. The van der Waals surface area contributed by atoms with Gasteiger partial charge in [0.25, 0.3) is 0 Å². The quantitative estimate of drug-likeness (QED) is 0.303. The molecule has 0 aromatic heterocycles. The second kappa shape index (κ2) is 5.06. The van der Waals surface area contributed by atoms with Crippen molar-refractivity contribution in [2.45, 2.75) is 25.7 Å². The van der Waals surface area contributed by atoms with Crippen LogP contribution < -0.4 is 0 Å². The molecule has 0 atom stereocenters. The van der Waals surface area contributed by atoms with Gasteiger partial charge in [0.05, 0.1) is 28.4 Å². The van der Waals surface area contributed by atoms with Crippen LogP contribution in [0.2, 0.25) is 25.7 Å². The van der Waals surface area contributed by atoms with Crippen LogP contribution >= 0.6 is 0 Å². The van der Waals surface area contributed by atoms with Gasteiger partial charge in [-0.1, -0.05) is 19.6 Å². The van der Waals surface area contributed by atoms with Crippen LogP contribution in [0.1, 0.15) is 0 Å². The molecule has 0 radical (unpaired) electrons. The van der Waals surface area contributed by atoms with E-state index in [0.717, 1.165) is 6.04 Å². The highest BCUT2D eigenvalue weighted by Gasteiger charge is 2.16. The number of esters is 1. The van der Waals surface area contributed by atoms with E-state index in [2.05, 4.69) is 24.4 Å². The second-order valence-corrected chi connectivity index (χ2v) is 9.55. The van der Waals surface area contributed by atoms with E-state index < -0.39 is 8.07 Å². The Morgan fingerprint density at radius 1 is 1.23 bits per heavy atom. The highest BCUT2D eigenvalue weighted by Crippen LogP contribution is 2.16. The molecule has 0 fully saturated rings. The minimum absolute atomic E-state index is 0.352. The molecule has 0 saturated carbocycles. The number of rotatable bonds is 4. The highest BCUT2D eigenvalue weighted by atomic mass is 28.3. The first-order chi connectivity index (χ1) is 5.89. The molecule has 0 amide bonds. The van der Waals surface area contributed by atoms with Gasteiger partial charge in [0.2, 0.25) is 0 Å². The van der Waals surface area contributed by atoms with E-state index >= 15 is 0 Å². The number of ether oxygens (including phenoxy) is 2. The van der Waals surface area contributed by atoms with Crippen LogP contribution in [-0.4, -0.2) is 28.3 Å². The van der Waals surface area contributed by atoms with Crippen molar-refractivity contribution >= 4 is 14.0 Å². The molecule has 0 spiro atoms. The summed E-state index contributed by atoms with van der Waals surface area (Å²) in [7, 11) is 1.72. The number of carbonyl (C=O) groups excluding carboxylic acids is 1. The summed E-state index contributed by atoms with van der Waals surface area (Å²) in [4.78, 5) is 10.9. The molecule has 0 aliphatic carbocycles. The standard InChI is InChI=1S/C9H18O3Si/c1-11-8(6-9(10)12-2)7-13(3,4)5/h6H,7H2,1-5H3. The lowest BCUT2D eigenvalue weighted by atomic mass is 10.5. The highest BCUT2D eigenvalue weighted by molar-refractivity contribution is 6.76. The van der Waals surface area contributed by atoms with Gasteiger partial charge >= 0.3 is 5.97 Å². The van der Waals surface area contributed by atoms with Gasteiger partial charge in [-0.15, -0.1) is 0 Å². The van der Waals surface area contributed by atoms with Crippen molar-refractivity contribution in [3.05, 3.63) is 11.8 Å². The predicted molar refractivity (Wildman–Crippen MR) is 55.3 cm³/mol. The van der Waals surface area contributed by atoms with Crippen LogP contribution in [0.3, 0.4) is 0 Å². The van der Waals surface area contributed by atoms with Crippen LogP contribution in [0, 0.1) is 0 Å². The zero-order valence-corrected chi connectivity index (χ0v) is 10.0. The van der Waals surface area contributed by atoms with E-state index in [1.54, 1.807) is 7.11 Å². The van der Waals surface area contributed by atoms with Gasteiger partial charge in [0.1, 0.15) is 5.76 Å². The molecule has 0 N–H and O–H groups in total. The summed E-state index contributed by atoms with van der Waals surface area (Å²) in [6, 6.07) is 0.860. The third kappa shape index (κ3) is 6.39. The number of hydrogen-bond donors (Lipinski definition) is 0. The van der Waals surface area contributed by atoms with E-state index in [9.17, 15) is 4.79 Å². The molecule has 0 saturated heterocycles. The SMILES string of the molecule is COC(=O)C=C(C[Si](C)(C)C)OC. The first-order valence-electron chi connectivity index (χ1n) is 4.21. The van der Waals surface area contributed by atoms with Crippen LogP contribution in [0.25, 0.3) is 0 Å². The van der Waals surface area contributed by atoms with Gasteiger partial charge < -0.3 is 9.47 Å². The fourth-order valence-electron chi connectivity index (χ4n) is 0.895. The Kier molecular flexibility index (Phi) is 4.76. The average molecular weight is 202 g/mol. The first kappa shape index (κ1) is 12.2. The molecule has 76 valence electrons. The third-order valence-electron chi connectivity index (χ3n) is 1.45. The summed E-state index contributed by atoms with van der Waals surface area (Å²) in [6.45, 7) is 6.66. The van der Waals surface area contributed by atoms with Crippen molar-refractivity contribution in [3.63, 3.8) is 0 Å². The van der Waals surface area contributed by atoms with Crippen molar-refractivity contribution in [1.29, 1.82) is 0 Å². The maximum absolute atomic E-state index is 10.9. The van der Waals surface area contributed by atoms with Gasteiger partial charge in [-0.2, -0.15) is 0 Å². The lowest BCUT2D eigenvalue weighted by Crippen LogP contribution is -2.20. The molecule has 0 rings (SSSR count). The number of carbonyl (C=O) groups is 1. The zero-order chi connectivity index (χ0) is 10.5. The minimum atomic E-state index is -1.22. The monoisotopic (exact) mass is 202 g/mol. The van der Waals surface area contributed by atoms with Crippen molar-refractivity contribution in [3.8, 4) is 0 Å².